The summed E-state index contributed by atoms with van der Waals surface area (Å²) in [6.07, 6.45) is 1.32. The summed E-state index contributed by atoms with van der Waals surface area (Å²) < 4.78 is 32.9. The van der Waals surface area contributed by atoms with E-state index in [2.05, 4.69) is 14.9 Å². The van der Waals surface area contributed by atoms with Crippen molar-refractivity contribution in [2.45, 2.75) is 12.6 Å². The number of aromatic nitrogens is 1. The molecular formula is C21H21F2N3O2. The van der Waals surface area contributed by atoms with Crippen LogP contribution < -0.4 is 4.74 Å². The lowest BCUT2D eigenvalue weighted by molar-refractivity contribution is 0.224. The van der Waals surface area contributed by atoms with Crippen molar-refractivity contribution in [2.75, 3.05) is 26.2 Å². The van der Waals surface area contributed by atoms with Gasteiger partial charge in [0.15, 0.2) is 5.88 Å². The number of fused-ring (bicyclic) bond motifs is 1. The van der Waals surface area contributed by atoms with Crippen molar-refractivity contribution in [3.8, 4) is 11.6 Å². The Morgan fingerprint density at radius 1 is 1.25 bits per heavy atom. The van der Waals surface area contributed by atoms with E-state index in [4.69, 9.17) is 4.74 Å². The van der Waals surface area contributed by atoms with Crippen LogP contribution in [0.3, 0.4) is 0 Å². The third-order valence-corrected chi connectivity index (χ3v) is 4.86. The number of hydrogen-bond acceptors (Lipinski definition) is 4. The minimum absolute atomic E-state index is 0.124. The zero-order chi connectivity index (χ0) is 19.5. The highest BCUT2D eigenvalue weighted by Gasteiger charge is 2.21. The molecule has 0 bridgehead atoms. The molecule has 1 fully saturated rings. The number of nitrogens with one attached hydrogen (secondary N) is 1. The second kappa shape index (κ2) is 7.98. The monoisotopic (exact) mass is 385 g/mol. The van der Waals surface area contributed by atoms with Crippen LogP contribution in [0.15, 0.2) is 47.5 Å². The van der Waals surface area contributed by atoms with Gasteiger partial charge >= 0.3 is 0 Å². The number of aromatic amines is 1. The number of hydrogen-bond donors (Lipinski definition) is 2. The van der Waals surface area contributed by atoms with E-state index in [1.807, 2.05) is 0 Å². The number of nitrogens with zero attached hydrogens (tertiary/aromatic N) is 2. The lowest BCUT2D eigenvalue weighted by Gasteiger charge is -2.14. The molecule has 1 saturated heterocycles. The molecule has 0 aliphatic carbocycles. The SMILES string of the molecule is Oc1[nH]c2cccc(F)c2c1C=Nc1ccc(OCCN2CCC(F)C2)cc1. The normalized spacial score (nSPS) is 17.7. The first-order chi connectivity index (χ1) is 13.6. The van der Waals surface area contributed by atoms with E-state index >= 15 is 0 Å². The summed E-state index contributed by atoms with van der Waals surface area (Å²) >= 11 is 0. The molecule has 0 saturated carbocycles. The number of aliphatic imine (C=N–C) groups is 1. The highest BCUT2D eigenvalue weighted by Crippen LogP contribution is 2.28. The summed E-state index contributed by atoms with van der Waals surface area (Å²) in [5.74, 6) is 0.161. The molecule has 1 aliphatic rings. The van der Waals surface area contributed by atoms with Gasteiger partial charge in [0, 0.05) is 31.2 Å². The largest absolute Gasteiger partial charge is 0.494 e. The minimum atomic E-state index is -0.720. The molecular weight excluding hydrogens is 364 g/mol. The van der Waals surface area contributed by atoms with Gasteiger partial charge in [-0.1, -0.05) is 6.07 Å². The first-order valence-electron chi connectivity index (χ1n) is 9.22. The van der Waals surface area contributed by atoms with Gasteiger partial charge in [0.05, 0.1) is 16.8 Å². The average Bonchev–Trinajstić information content (AvgIpc) is 3.24. The summed E-state index contributed by atoms with van der Waals surface area (Å²) in [4.78, 5) is 9.11. The van der Waals surface area contributed by atoms with E-state index in [1.54, 1.807) is 36.4 Å². The van der Waals surface area contributed by atoms with Crippen LogP contribution in [0, 0.1) is 5.82 Å². The van der Waals surface area contributed by atoms with Crippen molar-refractivity contribution in [1.29, 1.82) is 0 Å². The summed E-state index contributed by atoms with van der Waals surface area (Å²) in [5.41, 5.74) is 1.47. The van der Waals surface area contributed by atoms with Crippen molar-refractivity contribution in [3.63, 3.8) is 0 Å². The highest BCUT2D eigenvalue weighted by molar-refractivity contribution is 6.02. The topological polar surface area (TPSA) is 60.9 Å². The Bertz CT molecular complexity index is 985. The van der Waals surface area contributed by atoms with E-state index in [1.165, 1.54) is 12.3 Å². The molecule has 1 atom stereocenters. The summed E-state index contributed by atoms with van der Waals surface area (Å²) in [5, 5.41) is 10.3. The van der Waals surface area contributed by atoms with E-state index in [-0.39, 0.29) is 5.88 Å². The van der Waals surface area contributed by atoms with Crippen molar-refractivity contribution in [1.82, 2.24) is 9.88 Å². The van der Waals surface area contributed by atoms with Crippen LogP contribution in [0.5, 0.6) is 11.6 Å². The van der Waals surface area contributed by atoms with Crippen LogP contribution in [-0.4, -0.2) is 53.6 Å². The molecule has 0 radical (unpaired) electrons. The van der Waals surface area contributed by atoms with Gasteiger partial charge in [-0.25, -0.2) is 8.78 Å². The van der Waals surface area contributed by atoms with Crippen molar-refractivity contribution < 1.29 is 18.6 Å². The molecule has 146 valence electrons. The number of likely N-dealkylation sites (tertiary alicyclic amines) is 1. The first kappa shape index (κ1) is 18.4. The molecule has 3 aromatic rings. The predicted octanol–water partition coefficient (Wildman–Crippen LogP) is 4.19. The smallest absolute Gasteiger partial charge is 0.198 e. The zero-order valence-corrected chi connectivity index (χ0v) is 15.2. The lowest BCUT2D eigenvalue weighted by atomic mass is 10.1. The molecule has 0 amide bonds. The summed E-state index contributed by atoms with van der Waals surface area (Å²) in [7, 11) is 0. The van der Waals surface area contributed by atoms with Crippen LogP contribution in [0.2, 0.25) is 0 Å². The van der Waals surface area contributed by atoms with E-state index in [0.717, 1.165) is 6.54 Å². The molecule has 0 spiro atoms. The van der Waals surface area contributed by atoms with Gasteiger partial charge in [0.2, 0.25) is 0 Å². The number of aromatic hydroxyl groups is 1. The Kier molecular flexibility index (Phi) is 5.25. The van der Waals surface area contributed by atoms with E-state index < -0.39 is 12.0 Å². The van der Waals surface area contributed by atoms with Crippen molar-refractivity contribution >= 4 is 22.8 Å². The van der Waals surface area contributed by atoms with Gasteiger partial charge in [-0.05, 0) is 42.8 Å². The minimum Gasteiger partial charge on any atom is -0.494 e. The quantitative estimate of drug-likeness (QED) is 0.626. The van der Waals surface area contributed by atoms with Crippen LogP contribution in [-0.2, 0) is 0 Å². The molecule has 7 heteroatoms. The Morgan fingerprint density at radius 2 is 2.07 bits per heavy atom. The second-order valence-electron chi connectivity index (χ2n) is 6.84. The van der Waals surface area contributed by atoms with E-state index in [0.29, 0.717) is 54.0 Å². The van der Waals surface area contributed by atoms with Gasteiger partial charge in [0.1, 0.15) is 24.3 Å². The zero-order valence-electron chi connectivity index (χ0n) is 15.2. The number of rotatable bonds is 6. The van der Waals surface area contributed by atoms with Gasteiger partial charge in [-0.15, -0.1) is 0 Å². The average molecular weight is 385 g/mol. The molecule has 2 aromatic carbocycles. The maximum Gasteiger partial charge on any atom is 0.198 e. The third kappa shape index (κ3) is 3.99. The number of alkyl halides is 1. The molecule has 1 aliphatic heterocycles. The Labute approximate surface area is 161 Å². The summed E-state index contributed by atoms with van der Waals surface area (Å²) in [6, 6.07) is 11.8. The number of ether oxygens (including phenoxy) is 1. The highest BCUT2D eigenvalue weighted by atomic mass is 19.1. The molecule has 2 N–H and O–H groups in total. The van der Waals surface area contributed by atoms with Crippen molar-refractivity contribution in [2.24, 2.45) is 4.99 Å². The fourth-order valence-corrected chi connectivity index (χ4v) is 3.39. The number of H-pyrrole nitrogens is 1. The summed E-state index contributed by atoms with van der Waals surface area (Å²) in [6.45, 7) is 2.46. The van der Waals surface area contributed by atoms with Gasteiger partial charge < -0.3 is 14.8 Å². The van der Waals surface area contributed by atoms with Crippen LogP contribution in [0.25, 0.3) is 10.9 Å². The Morgan fingerprint density at radius 3 is 2.82 bits per heavy atom. The molecule has 1 unspecified atom stereocenters. The van der Waals surface area contributed by atoms with E-state index in [9.17, 15) is 13.9 Å². The van der Waals surface area contributed by atoms with Crippen LogP contribution in [0.4, 0.5) is 14.5 Å². The molecule has 4 rings (SSSR count). The van der Waals surface area contributed by atoms with Gasteiger partial charge in [-0.2, -0.15) is 0 Å². The Balaban J connectivity index is 1.39. The molecule has 28 heavy (non-hydrogen) atoms. The third-order valence-electron chi connectivity index (χ3n) is 4.86. The lowest BCUT2D eigenvalue weighted by Crippen LogP contribution is -2.26. The maximum absolute atomic E-state index is 14.1. The Hall–Kier alpha value is -2.93. The van der Waals surface area contributed by atoms with Gasteiger partial charge in [0.25, 0.3) is 0 Å². The second-order valence-corrected chi connectivity index (χ2v) is 6.84. The first-order valence-corrected chi connectivity index (χ1v) is 9.22. The number of halogens is 2. The van der Waals surface area contributed by atoms with Crippen LogP contribution in [0.1, 0.15) is 12.0 Å². The standard InChI is InChI=1S/C21H21F2N3O2/c22-14-8-9-26(13-14)10-11-28-16-6-4-15(5-7-16)24-12-17-20-18(23)2-1-3-19(20)25-21(17)27/h1-7,12,14,25,27H,8-11,13H2. The fourth-order valence-electron chi connectivity index (χ4n) is 3.39. The predicted molar refractivity (Wildman–Crippen MR) is 105 cm³/mol. The maximum atomic E-state index is 14.1. The van der Waals surface area contributed by atoms with Gasteiger partial charge in [-0.3, -0.25) is 9.89 Å². The molecule has 5 nitrogen and oxygen atoms in total. The van der Waals surface area contributed by atoms with Crippen LogP contribution >= 0.6 is 0 Å². The van der Waals surface area contributed by atoms with Crippen molar-refractivity contribution in [3.05, 3.63) is 53.8 Å². The fraction of sp³-hybridized carbons (Fsp3) is 0.286. The molecule has 2 heterocycles. The molecule has 1 aromatic heterocycles. The number of benzene rings is 2.